The molecule has 220 valence electrons. The lowest BCUT2D eigenvalue weighted by Crippen LogP contribution is -2.40. The molecule has 0 radical (unpaired) electrons. The van der Waals surface area contributed by atoms with Gasteiger partial charge in [-0.25, -0.2) is 0 Å². The van der Waals surface area contributed by atoms with Gasteiger partial charge in [0, 0.05) is 5.16 Å². The molecule has 0 N–H and O–H groups in total. The molecule has 0 spiro atoms. The van der Waals surface area contributed by atoms with E-state index in [1.807, 2.05) is 41.2 Å². The predicted octanol–water partition coefficient (Wildman–Crippen LogP) is 12.2. The Bertz CT molecular complexity index is 451. The van der Waals surface area contributed by atoms with Crippen LogP contribution >= 0.6 is 0 Å². The van der Waals surface area contributed by atoms with Crippen molar-refractivity contribution in [2.75, 3.05) is 0 Å². The maximum atomic E-state index is 13.5. The van der Waals surface area contributed by atoms with Crippen molar-refractivity contribution in [2.24, 2.45) is 0 Å². The minimum Gasteiger partial charge on any atom is -0.315 e. The SMILES string of the molecule is CC(C)[Si](C)(F)C(C)C.CC([Si](C)(C)F)[Si](C)(C)F.CC[Si](C)(C)F.C[Si](C)(C)F.C[Si](C)(F)F. The second-order valence-corrected chi connectivity index (χ2v) is 36.9. The molecule has 0 aromatic heterocycles. The van der Waals surface area contributed by atoms with E-state index in [1.165, 1.54) is 0 Å². The van der Waals surface area contributed by atoms with Crippen LogP contribution in [0.25, 0.3) is 0 Å². The van der Waals surface area contributed by atoms with Crippen LogP contribution in [-0.2, 0) is 0 Å². The van der Waals surface area contributed by atoms with Crippen molar-refractivity contribution in [2.45, 2.75) is 142 Å². The van der Waals surface area contributed by atoms with Crippen molar-refractivity contribution in [3.05, 3.63) is 0 Å². The Morgan fingerprint density at radius 3 is 0.629 bits per heavy atom. The first-order chi connectivity index (χ1) is 14.6. The summed E-state index contributed by atoms with van der Waals surface area (Å²) in [4.78, 5) is 0. The average Bonchev–Trinajstić information content (AvgIpc) is 2.49. The van der Waals surface area contributed by atoms with Gasteiger partial charge in [-0.2, -0.15) is 0 Å². The highest BCUT2D eigenvalue weighted by Gasteiger charge is 2.42. The van der Waals surface area contributed by atoms with Crippen molar-refractivity contribution in [3.8, 4) is 0 Å². The molecule has 0 fully saturated rings. The molecule has 0 saturated heterocycles. The van der Waals surface area contributed by atoms with Crippen LogP contribution in [0.15, 0.2) is 0 Å². The van der Waals surface area contributed by atoms with E-state index in [0.29, 0.717) is 0 Å². The third-order valence-electron chi connectivity index (χ3n) is 5.16. The molecule has 0 saturated carbocycles. The van der Waals surface area contributed by atoms with E-state index >= 15 is 0 Å². The third-order valence-corrected chi connectivity index (χ3v) is 19.6. The second-order valence-electron chi connectivity index (χ2n) is 12.8. The Balaban J connectivity index is -0.000000111. The Kier molecular flexibility index (Phi) is 23.7. The van der Waals surface area contributed by atoms with Gasteiger partial charge in [-0.3, -0.25) is 8.22 Å². The molecule has 0 atom stereocenters. The van der Waals surface area contributed by atoms with Gasteiger partial charge in [-0.1, -0.05) is 41.5 Å². The Morgan fingerprint density at radius 2 is 0.629 bits per heavy atom. The van der Waals surface area contributed by atoms with Crippen molar-refractivity contribution >= 4 is 50.8 Å². The van der Waals surface area contributed by atoms with Crippen LogP contribution in [-0.4, -0.2) is 50.8 Å². The van der Waals surface area contributed by atoms with Crippen LogP contribution in [0.3, 0.4) is 0 Å². The highest BCUT2D eigenvalue weighted by Crippen LogP contribution is 2.33. The quantitative estimate of drug-likeness (QED) is 0.162. The molecule has 0 aliphatic carbocycles. The van der Waals surface area contributed by atoms with E-state index in [-0.39, 0.29) is 16.2 Å². The Labute approximate surface area is 221 Å². The van der Waals surface area contributed by atoms with E-state index in [2.05, 4.69) is 0 Å². The first kappa shape index (κ1) is 45.7. The highest BCUT2D eigenvalue weighted by atomic mass is 28.4. The Morgan fingerprint density at radius 1 is 0.486 bits per heavy atom. The fraction of sp³-hybridized carbons (Fsp3) is 1.00. The molecule has 13 heteroatoms. The average molecular weight is 625 g/mol. The monoisotopic (exact) mass is 624 g/mol. The van der Waals surface area contributed by atoms with Gasteiger partial charge in [-0.05, 0) is 95.7 Å². The summed E-state index contributed by atoms with van der Waals surface area (Å²) < 4.78 is 86.3. The summed E-state index contributed by atoms with van der Waals surface area (Å²) >= 11 is 0. The normalized spacial score (nSPS) is 13.0. The summed E-state index contributed by atoms with van der Waals surface area (Å²) in [5.74, 6) is 0. The molecule has 0 bridgehead atoms. The molecule has 0 nitrogen and oxygen atoms in total. The number of hydrogen-bond donors (Lipinski definition) is 0. The summed E-state index contributed by atoms with van der Waals surface area (Å²) in [6.07, 6.45) is 0. The van der Waals surface area contributed by atoms with Gasteiger partial charge in [-0.15, -0.1) is 0 Å². The molecule has 0 aliphatic heterocycles. The number of hydrogen-bond acceptors (Lipinski definition) is 0. The van der Waals surface area contributed by atoms with Gasteiger partial charge in [0.05, 0.1) is 0 Å². The van der Waals surface area contributed by atoms with Crippen LogP contribution in [0.2, 0.25) is 101 Å². The van der Waals surface area contributed by atoms with E-state index in [9.17, 15) is 28.8 Å². The topological polar surface area (TPSA) is 0 Å². The van der Waals surface area contributed by atoms with E-state index in [0.717, 1.165) is 19.1 Å². The molecule has 0 heterocycles. The van der Waals surface area contributed by atoms with Crippen molar-refractivity contribution < 1.29 is 28.8 Å². The van der Waals surface area contributed by atoms with Gasteiger partial charge >= 0.3 is 8.74 Å². The Hall–Kier alpha value is 0.811. The van der Waals surface area contributed by atoms with Crippen LogP contribution in [0.4, 0.5) is 28.8 Å². The standard InChI is InChI=1S/C7H17FSi.C6H16F2Si2.C4H11FSi.C3H9FSi.C2H6F2Si/c1-6(2)9(5,8)7(3)4;1-6(9(2,3)7)10(4,5)8;1-4-6(2,3)5;2*1-5(2,3)4/h6-7H,1-5H3;6H,1-5H3;4H2,1-3H3;1-3H3;1-2H3. The van der Waals surface area contributed by atoms with Crippen LogP contribution in [0.1, 0.15) is 41.5 Å². The lowest BCUT2D eigenvalue weighted by atomic mass is 10.5. The third kappa shape index (κ3) is 48.5. The molecule has 0 aliphatic rings. The van der Waals surface area contributed by atoms with E-state index in [4.69, 9.17) is 0 Å². The maximum absolute atomic E-state index is 13.5. The predicted molar refractivity (Wildman–Crippen MR) is 163 cm³/mol. The molecular formula is C22H59F7Si6. The maximum Gasteiger partial charge on any atom is 0.419 e. The van der Waals surface area contributed by atoms with Gasteiger partial charge in [0.2, 0.25) is 42.0 Å². The minimum atomic E-state index is -3.61. The van der Waals surface area contributed by atoms with Crippen molar-refractivity contribution in [3.63, 3.8) is 0 Å². The van der Waals surface area contributed by atoms with Gasteiger partial charge in [0.25, 0.3) is 0 Å². The first-order valence-corrected chi connectivity index (χ1v) is 30.1. The van der Waals surface area contributed by atoms with Gasteiger partial charge in [0.1, 0.15) is 0 Å². The minimum absolute atomic E-state index is 0.262. The van der Waals surface area contributed by atoms with Crippen LogP contribution in [0, 0.1) is 0 Å². The van der Waals surface area contributed by atoms with Crippen LogP contribution in [0.5, 0.6) is 0 Å². The summed E-state index contributed by atoms with van der Waals surface area (Å²) in [5, 5.41) is -0.292. The molecule has 0 aromatic carbocycles. The summed E-state index contributed by atoms with van der Waals surface area (Å²) in [5.41, 5.74) is 0.523. The first-order valence-electron chi connectivity index (χ1n) is 12.4. The largest absolute Gasteiger partial charge is 0.419 e. The molecule has 0 unspecified atom stereocenters. The van der Waals surface area contributed by atoms with Gasteiger partial charge < -0.3 is 20.5 Å². The fourth-order valence-corrected chi connectivity index (χ4v) is 9.35. The second kappa shape index (κ2) is 18.2. The zero-order chi connectivity index (χ0) is 30.4. The smallest absolute Gasteiger partial charge is 0.315 e. The van der Waals surface area contributed by atoms with E-state index < -0.39 is 50.8 Å². The zero-order valence-corrected chi connectivity index (χ0v) is 32.1. The molecular weight excluding hydrogens is 566 g/mol. The lowest BCUT2D eigenvalue weighted by molar-refractivity contribution is 0.629. The van der Waals surface area contributed by atoms with E-state index in [1.54, 1.807) is 65.8 Å². The van der Waals surface area contributed by atoms with Gasteiger partial charge in [0.15, 0.2) is 0 Å². The molecule has 0 aromatic rings. The summed E-state index contributed by atoms with van der Waals surface area (Å²) in [7, 11) is -15.6. The fourth-order valence-electron chi connectivity index (χ4n) is 1.48. The lowest BCUT2D eigenvalue weighted by Gasteiger charge is -2.27. The molecule has 35 heavy (non-hydrogen) atoms. The van der Waals surface area contributed by atoms with Crippen molar-refractivity contribution in [1.29, 1.82) is 0 Å². The number of rotatable bonds is 5. The summed E-state index contributed by atoms with van der Waals surface area (Å²) in [6.45, 7) is 30.0. The molecule has 0 amide bonds. The zero-order valence-electron chi connectivity index (χ0n) is 26.1. The highest BCUT2D eigenvalue weighted by molar-refractivity contribution is 6.91. The van der Waals surface area contributed by atoms with Crippen LogP contribution < -0.4 is 0 Å². The number of halogens is 7. The summed E-state index contributed by atoms with van der Waals surface area (Å²) in [6, 6.07) is 0.743. The van der Waals surface area contributed by atoms with Crippen molar-refractivity contribution in [1.82, 2.24) is 0 Å². The molecule has 0 rings (SSSR count).